The number of rotatable bonds is 6. The maximum Gasteiger partial charge on any atom is 0.240 e. The van der Waals surface area contributed by atoms with Gasteiger partial charge in [-0.2, -0.15) is 0 Å². The van der Waals surface area contributed by atoms with Crippen molar-refractivity contribution in [2.45, 2.75) is 43.6 Å². The zero-order valence-electron chi connectivity index (χ0n) is 17.3. The summed E-state index contributed by atoms with van der Waals surface area (Å²) in [6, 6.07) is 15.5. The Hall–Kier alpha value is -3.00. The summed E-state index contributed by atoms with van der Waals surface area (Å²) in [7, 11) is 0. The summed E-state index contributed by atoms with van der Waals surface area (Å²) < 4.78 is 7.40. The molecule has 2 aromatic carbocycles. The van der Waals surface area contributed by atoms with E-state index in [1.54, 1.807) is 0 Å². The normalized spacial score (nSPS) is 17.7. The molecule has 0 saturated carbocycles. The number of aromatic nitrogens is 3. The molecule has 2 atom stereocenters. The zero-order chi connectivity index (χ0) is 21.1. The number of hydrogen-bond acceptors (Lipinski definition) is 6. The smallest absolute Gasteiger partial charge is 0.240 e. The van der Waals surface area contributed by atoms with Crippen molar-refractivity contribution in [3.8, 4) is 5.75 Å². The average Bonchev–Trinajstić information content (AvgIpc) is 3.14. The Morgan fingerprint density at radius 3 is 2.67 bits per heavy atom. The quantitative estimate of drug-likeness (QED) is 0.625. The average molecular weight is 424 g/mol. The lowest BCUT2D eigenvalue weighted by Gasteiger charge is -2.33. The Labute approximate surface area is 180 Å². The molecule has 8 heteroatoms. The van der Waals surface area contributed by atoms with Crippen LogP contribution < -0.4 is 15.5 Å². The summed E-state index contributed by atoms with van der Waals surface area (Å²) in [6.07, 6.45) is 0.850. The second-order valence-electron chi connectivity index (χ2n) is 7.01. The predicted octanol–water partition coefficient (Wildman–Crippen LogP) is 3.95. The number of hydrogen-bond donors (Lipinski definition) is 2. The lowest BCUT2D eigenvalue weighted by molar-refractivity contribution is -0.116. The SMILES string of the molecule is CCOc1ccc([C@@H]2Nn3c(C)nnc3S[C@H]2C(=O)Nc2ccccc2CC)cc1. The molecular formula is C22H25N5O2S. The molecule has 1 aliphatic heterocycles. The van der Waals surface area contributed by atoms with Crippen LogP contribution in [-0.4, -0.2) is 32.6 Å². The minimum absolute atomic E-state index is 0.0702. The van der Waals surface area contributed by atoms with E-state index in [1.165, 1.54) is 11.8 Å². The van der Waals surface area contributed by atoms with Gasteiger partial charge in [0.2, 0.25) is 11.1 Å². The Morgan fingerprint density at radius 1 is 1.17 bits per heavy atom. The van der Waals surface area contributed by atoms with E-state index < -0.39 is 5.25 Å². The summed E-state index contributed by atoms with van der Waals surface area (Å²) in [5.41, 5.74) is 6.38. The molecule has 2 N–H and O–H groups in total. The highest BCUT2D eigenvalue weighted by Crippen LogP contribution is 2.38. The van der Waals surface area contributed by atoms with Gasteiger partial charge in [-0.1, -0.05) is 49.0 Å². The lowest BCUT2D eigenvalue weighted by Crippen LogP contribution is -2.41. The predicted molar refractivity (Wildman–Crippen MR) is 119 cm³/mol. The molecule has 0 bridgehead atoms. The number of anilines is 1. The van der Waals surface area contributed by atoms with Gasteiger partial charge >= 0.3 is 0 Å². The van der Waals surface area contributed by atoms with Gasteiger partial charge in [0.1, 0.15) is 16.8 Å². The number of thioether (sulfide) groups is 1. The van der Waals surface area contributed by atoms with E-state index >= 15 is 0 Å². The number of carbonyl (C=O) groups is 1. The first kappa shape index (κ1) is 20.3. The van der Waals surface area contributed by atoms with Crippen LogP contribution in [0.4, 0.5) is 5.69 Å². The molecule has 4 rings (SSSR count). The first-order valence-corrected chi connectivity index (χ1v) is 11.0. The molecule has 1 aromatic heterocycles. The molecule has 2 heterocycles. The summed E-state index contributed by atoms with van der Waals surface area (Å²) >= 11 is 1.42. The lowest BCUT2D eigenvalue weighted by atomic mass is 10.0. The van der Waals surface area contributed by atoms with E-state index in [1.807, 2.05) is 67.1 Å². The van der Waals surface area contributed by atoms with Gasteiger partial charge in [-0.15, -0.1) is 10.2 Å². The number of nitrogens with one attached hydrogen (secondary N) is 2. The van der Waals surface area contributed by atoms with Gasteiger partial charge in [0, 0.05) is 5.69 Å². The van der Waals surface area contributed by atoms with Crippen LogP contribution in [0.5, 0.6) is 5.75 Å². The van der Waals surface area contributed by atoms with Crippen molar-refractivity contribution in [1.82, 2.24) is 14.9 Å². The molecule has 7 nitrogen and oxygen atoms in total. The van der Waals surface area contributed by atoms with E-state index in [0.717, 1.165) is 34.8 Å². The van der Waals surface area contributed by atoms with Gasteiger partial charge in [0.05, 0.1) is 12.6 Å². The molecule has 0 aliphatic carbocycles. The van der Waals surface area contributed by atoms with Crippen molar-refractivity contribution in [1.29, 1.82) is 0 Å². The molecule has 0 spiro atoms. The summed E-state index contributed by atoms with van der Waals surface area (Å²) in [6.45, 7) is 6.53. The van der Waals surface area contributed by atoms with Crippen LogP contribution in [0.2, 0.25) is 0 Å². The van der Waals surface area contributed by atoms with Crippen LogP contribution >= 0.6 is 11.8 Å². The molecule has 3 aromatic rings. The van der Waals surface area contributed by atoms with Crippen LogP contribution in [0.15, 0.2) is 53.7 Å². The van der Waals surface area contributed by atoms with E-state index in [2.05, 4.69) is 27.9 Å². The number of aryl methyl sites for hydroxylation is 2. The molecule has 156 valence electrons. The standard InChI is InChI=1S/C22H25N5O2S/c1-4-15-8-6-7-9-18(15)23-21(28)20-19(16-10-12-17(13-11-16)29-5-2)26-27-14(3)24-25-22(27)30-20/h6-13,19-20,26H,4-5H2,1-3H3,(H,23,28)/t19-,20+/m0/s1. The Morgan fingerprint density at radius 2 is 1.93 bits per heavy atom. The van der Waals surface area contributed by atoms with Crippen molar-refractivity contribution in [2.24, 2.45) is 0 Å². The Bertz CT molecular complexity index is 1030. The molecule has 0 saturated heterocycles. The van der Waals surface area contributed by atoms with Crippen molar-refractivity contribution in [3.05, 3.63) is 65.5 Å². The fourth-order valence-corrected chi connectivity index (χ4v) is 4.63. The fraction of sp³-hybridized carbons (Fsp3) is 0.318. The maximum atomic E-state index is 13.4. The minimum atomic E-state index is -0.413. The largest absolute Gasteiger partial charge is 0.494 e. The molecule has 0 unspecified atom stereocenters. The molecule has 1 amide bonds. The fourth-order valence-electron chi connectivity index (χ4n) is 3.50. The van der Waals surface area contributed by atoms with Gasteiger partial charge < -0.3 is 15.5 Å². The van der Waals surface area contributed by atoms with Crippen LogP contribution in [-0.2, 0) is 11.2 Å². The van der Waals surface area contributed by atoms with Gasteiger partial charge in [-0.3, -0.25) is 4.79 Å². The monoisotopic (exact) mass is 423 g/mol. The molecule has 1 aliphatic rings. The number of nitrogens with zero attached hydrogens (tertiary/aromatic N) is 3. The third-order valence-corrected chi connectivity index (χ3v) is 6.28. The van der Waals surface area contributed by atoms with Crippen molar-refractivity contribution < 1.29 is 9.53 Å². The van der Waals surface area contributed by atoms with Gasteiger partial charge in [-0.05, 0) is 49.6 Å². The molecule has 0 radical (unpaired) electrons. The van der Waals surface area contributed by atoms with Crippen LogP contribution in [0.25, 0.3) is 0 Å². The van der Waals surface area contributed by atoms with Crippen molar-refractivity contribution >= 4 is 23.4 Å². The number of fused-ring (bicyclic) bond motifs is 1. The van der Waals surface area contributed by atoms with E-state index in [-0.39, 0.29) is 11.9 Å². The highest BCUT2D eigenvalue weighted by molar-refractivity contribution is 8.00. The third kappa shape index (κ3) is 4.00. The summed E-state index contributed by atoms with van der Waals surface area (Å²) in [4.78, 5) is 13.4. The van der Waals surface area contributed by atoms with E-state index in [9.17, 15) is 4.79 Å². The second kappa shape index (κ2) is 8.79. The van der Waals surface area contributed by atoms with Crippen molar-refractivity contribution in [2.75, 3.05) is 17.3 Å². The summed E-state index contributed by atoms with van der Waals surface area (Å²) in [5.74, 6) is 1.49. The number of amides is 1. The Balaban J connectivity index is 1.65. The number of ether oxygens (including phenoxy) is 1. The van der Waals surface area contributed by atoms with Gasteiger partial charge in [0.25, 0.3) is 0 Å². The third-order valence-electron chi connectivity index (χ3n) is 5.06. The number of para-hydroxylation sites is 1. The van der Waals surface area contributed by atoms with E-state index in [4.69, 9.17) is 4.74 Å². The molecule has 30 heavy (non-hydrogen) atoms. The first-order valence-electron chi connectivity index (χ1n) is 10.1. The molecule has 0 fully saturated rings. The number of carbonyl (C=O) groups excluding carboxylic acids is 1. The Kier molecular flexibility index (Phi) is 5.94. The number of benzene rings is 2. The second-order valence-corrected chi connectivity index (χ2v) is 8.12. The summed E-state index contributed by atoms with van der Waals surface area (Å²) in [5, 5.41) is 11.7. The van der Waals surface area contributed by atoms with Crippen LogP contribution in [0.3, 0.4) is 0 Å². The minimum Gasteiger partial charge on any atom is -0.494 e. The van der Waals surface area contributed by atoms with E-state index in [0.29, 0.717) is 11.8 Å². The van der Waals surface area contributed by atoms with Crippen LogP contribution in [0, 0.1) is 6.92 Å². The van der Waals surface area contributed by atoms with Crippen LogP contribution in [0.1, 0.15) is 36.8 Å². The van der Waals surface area contributed by atoms with Gasteiger partial charge in [0.15, 0.2) is 0 Å². The highest BCUT2D eigenvalue weighted by Gasteiger charge is 2.37. The highest BCUT2D eigenvalue weighted by atomic mass is 32.2. The first-order chi connectivity index (χ1) is 14.6. The van der Waals surface area contributed by atoms with Gasteiger partial charge in [-0.25, -0.2) is 4.68 Å². The molecular weight excluding hydrogens is 398 g/mol. The zero-order valence-corrected chi connectivity index (χ0v) is 18.1. The topological polar surface area (TPSA) is 81.1 Å². The maximum absolute atomic E-state index is 13.4. The van der Waals surface area contributed by atoms with Crippen molar-refractivity contribution in [3.63, 3.8) is 0 Å².